The molecule has 0 aromatic rings. The third-order valence-electron chi connectivity index (χ3n) is 7.27. The quantitative estimate of drug-likeness (QED) is 0.641. The summed E-state index contributed by atoms with van der Waals surface area (Å²) in [6, 6.07) is 0. The molecule has 2 aliphatic rings. The first-order chi connectivity index (χ1) is 11.3. The number of rotatable bonds is 7. The maximum atomic E-state index is 12.0. The second-order valence-corrected chi connectivity index (χ2v) is 8.85. The molecule has 0 aromatic heterocycles. The Balaban J connectivity index is 2.15. The van der Waals surface area contributed by atoms with Crippen LogP contribution in [0.4, 0.5) is 0 Å². The van der Waals surface area contributed by atoms with Gasteiger partial charge in [-0.1, -0.05) is 38.8 Å². The summed E-state index contributed by atoms with van der Waals surface area (Å²) < 4.78 is 5.20. The minimum atomic E-state index is -0.599. The molecule has 5 unspecified atom stereocenters. The van der Waals surface area contributed by atoms with Crippen molar-refractivity contribution in [3.63, 3.8) is 0 Å². The van der Waals surface area contributed by atoms with Crippen molar-refractivity contribution in [1.29, 1.82) is 0 Å². The summed E-state index contributed by atoms with van der Waals surface area (Å²) in [7, 11) is 1.76. The summed E-state index contributed by atoms with van der Waals surface area (Å²) in [5.74, 6) is 0.801. The molecule has 2 rings (SSSR count). The Morgan fingerprint density at radius 1 is 1.38 bits per heavy atom. The third kappa shape index (κ3) is 3.56. The van der Waals surface area contributed by atoms with Crippen LogP contribution in [0, 0.1) is 28.6 Å². The summed E-state index contributed by atoms with van der Waals surface area (Å²) in [5, 5.41) is 9.88. The Labute approximate surface area is 147 Å². The van der Waals surface area contributed by atoms with Gasteiger partial charge in [-0.3, -0.25) is 4.79 Å². The van der Waals surface area contributed by atoms with Gasteiger partial charge in [-0.25, -0.2) is 0 Å². The summed E-state index contributed by atoms with van der Waals surface area (Å²) >= 11 is 0. The summed E-state index contributed by atoms with van der Waals surface area (Å²) in [5.41, 5.74) is 0.900. The summed E-state index contributed by atoms with van der Waals surface area (Å²) in [4.78, 5) is 12.0. The maximum absolute atomic E-state index is 12.0. The third-order valence-corrected chi connectivity index (χ3v) is 7.27. The van der Waals surface area contributed by atoms with E-state index in [-0.39, 0.29) is 11.3 Å². The molecule has 2 saturated carbocycles. The number of aliphatic carboxylic acids is 1. The molecule has 0 amide bonds. The molecule has 0 aliphatic heterocycles. The van der Waals surface area contributed by atoms with E-state index in [1.807, 2.05) is 6.92 Å². The Kier molecular flexibility index (Phi) is 6.17. The van der Waals surface area contributed by atoms with Gasteiger partial charge in [0.15, 0.2) is 0 Å². The van der Waals surface area contributed by atoms with E-state index in [1.165, 1.54) is 12.0 Å². The fourth-order valence-electron chi connectivity index (χ4n) is 5.65. The average molecular weight is 337 g/mol. The standard InChI is InChI=1S/C21H36O3/c1-15(11-14-24-5)7-9-17-16(2)8-10-18-20(17,3)12-6-13-21(18,4)19(22)23/h15,17-18H,2,6-14H2,1,3-5H3,(H,22,23). The maximum Gasteiger partial charge on any atom is 0.309 e. The summed E-state index contributed by atoms with van der Waals surface area (Å²) in [6.45, 7) is 11.9. The first-order valence-electron chi connectivity index (χ1n) is 9.65. The molecule has 0 bridgehead atoms. The van der Waals surface area contributed by atoms with Crippen molar-refractivity contribution in [3.8, 4) is 0 Å². The molecule has 1 N–H and O–H groups in total. The van der Waals surface area contributed by atoms with Crippen LogP contribution < -0.4 is 0 Å². The topological polar surface area (TPSA) is 46.5 Å². The molecule has 0 radical (unpaired) electrons. The highest BCUT2D eigenvalue weighted by Gasteiger charge is 2.57. The van der Waals surface area contributed by atoms with Crippen LogP contribution in [-0.2, 0) is 9.53 Å². The van der Waals surface area contributed by atoms with Crippen molar-refractivity contribution in [3.05, 3.63) is 12.2 Å². The van der Waals surface area contributed by atoms with Gasteiger partial charge in [-0.05, 0) is 68.6 Å². The number of ether oxygens (including phenoxy) is 1. The molecule has 24 heavy (non-hydrogen) atoms. The molecule has 5 atom stereocenters. The zero-order valence-corrected chi connectivity index (χ0v) is 16.1. The highest BCUT2D eigenvalue weighted by Crippen LogP contribution is 2.62. The smallest absolute Gasteiger partial charge is 0.309 e. The predicted molar refractivity (Wildman–Crippen MR) is 97.9 cm³/mol. The molecule has 0 heterocycles. The van der Waals surface area contributed by atoms with Gasteiger partial charge < -0.3 is 9.84 Å². The SMILES string of the molecule is C=C1CCC2C(C)(C(=O)O)CCCC2(C)C1CCC(C)CCOC. The molecule has 2 fully saturated rings. The van der Waals surface area contributed by atoms with Crippen molar-refractivity contribution in [1.82, 2.24) is 0 Å². The number of carboxylic acids is 1. The van der Waals surface area contributed by atoms with Gasteiger partial charge in [-0.15, -0.1) is 0 Å². The largest absolute Gasteiger partial charge is 0.481 e. The lowest BCUT2D eigenvalue weighted by Crippen LogP contribution is -2.53. The van der Waals surface area contributed by atoms with Gasteiger partial charge in [0.1, 0.15) is 0 Å². The van der Waals surface area contributed by atoms with Gasteiger partial charge in [-0.2, -0.15) is 0 Å². The van der Waals surface area contributed by atoms with E-state index in [0.717, 1.165) is 51.6 Å². The van der Waals surface area contributed by atoms with Crippen LogP contribution >= 0.6 is 0 Å². The molecule has 138 valence electrons. The van der Waals surface area contributed by atoms with Crippen molar-refractivity contribution in [2.45, 2.75) is 72.1 Å². The lowest BCUT2D eigenvalue weighted by molar-refractivity contribution is -0.164. The van der Waals surface area contributed by atoms with Crippen LogP contribution in [0.1, 0.15) is 72.1 Å². The lowest BCUT2D eigenvalue weighted by Gasteiger charge is -2.57. The fourth-order valence-corrected chi connectivity index (χ4v) is 5.65. The van der Waals surface area contributed by atoms with E-state index in [2.05, 4.69) is 20.4 Å². The Morgan fingerprint density at radius 2 is 2.08 bits per heavy atom. The van der Waals surface area contributed by atoms with Crippen LogP contribution in [0.2, 0.25) is 0 Å². The molecular weight excluding hydrogens is 300 g/mol. The fraction of sp³-hybridized carbons (Fsp3) is 0.857. The first kappa shape index (κ1) is 19.5. The minimum absolute atomic E-state index is 0.0989. The van der Waals surface area contributed by atoms with Gasteiger partial charge in [0.05, 0.1) is 5.41 Å². The zero-order valence-electron chi connectivity index (χ0n) is 16.1. The number of methoxy groups -OCH3 is 1. The average Bonchev–Trinajstić information content (AvgIpc) is 2.51. The molecule has 3 heteroatoms. The van der Waals surface area contributed by atoms with Crippen LogP contribution in [0.25, 0.3) is 0 Å². The van der Waals surface area contributed by atoms with E-state index < -0.39 is 11.4 Å². The molecule has 0 aromatic carbocycles. The number of fused-ring (bicyclic) bond motifs is 1. The van der Waals surface area contributed by atoms with Gasteiger partial charge in [0.25, 0.3) is 0 Å². The number of carboxylic acid groups (broad SMARTS) is 1. The van der Waals surface area contributed by atoms with E-state index in [1.54, 1.807) is 7.11 Å². The first-order valence-corrected chi connectivity index (χ1v) is 9.65. The van der Waals surface area contributed by atoms with Crippen LogP contribution in [-0.4, -0.2) is 24.8 Å². The zero-order chi connectivity index (χ0) is 18.0. The molecule has 0 saturated heterocycles. The Hall–Kier alpha value is -0.830. The van der Waals surface area contributed by atoms with Gasteiger partial charge in [0.2, 0.25) is 0 Å². The van der Waals surface area contributed by atoms with Crippen molar-refractivity contribution in [2.75, 3.05) is 13.7 Å². The van der Waals surface area contributed by atoms with Crippen LogP contribution in [0.3, 0.4) is 0 Å². The van der Waals surface area contributed by atoms with Crippen LogP contribution in [0.5, 0.6) is 0 Å². The molecule has 2 aliphatic carbocycles. The van der Waals surface area contributed by atoms with Crippen molar-refractivity contribution in [2.24, 2.45) is 28.6 Å². The van der Waals surface area contributed by atoms with Crippen molar-refractivity contribution < 1.29 is 14.6 Å². The van der Waals surface area contributed by atoms with Gasteiger partial charge in [0, 0.05) is 13.7 Å². The Bertz CT molecular complexity index is 472. The highest BCUT2D eigenvalue weighted by atomic mass is 16.5. The van der Waals surface area contributed by atoms with E-state index >= 15 is 0 Å². The van der Waals surface area contributed by atoms with E-state index in [0.29, 0.717) is 11.8 Å². The number of hydrogen-bond acceptors (Lipinski definition) is 2. The Morgan fingerprint density at radius 3 is 2.71 bits per heavy atom. The monoisotopic (exact) mass is 336 g/mol. The second-order valence-electron chi connectivity index (χ2n) is 8.85. The molecular formula is C21H36O3. The van der Waals surface area contributed by atoms with E-state index in [4.69, 9.17) is 4.74 Å². The predicted octanol–water partition coefficient (Wildman–Crippen LogP) is 5.30. The molecule has 3 nitrogen and oxygen atoms in total. The number of carbonyl (C=O) groups is 1. The second kappa shape index (κ2) is 7.59. The minimum Gasteiger partial charge on any atom is -0.481 e. The lowest BCUT2D eigenvalue weighted by atomic mass is 9.46. The number of hydrogen-bond donors (Lipinski definition) is 1. The van der Waals surface area contributed by atoms with E-state index in [9.17, 15) is 9.90 Å². The van der Waals surface area contributed by atoms with Crippen LogP contribution in [0.15, 0.2) is 12.2 Å². The normalized spacial score (nSPS) is 37.8. The summed E-state index contributed by atoms with van der Waals surface area (Å²) in [6.07, 6.45) is 8.42. The number of allylic oxidation sites excluding steroid dienone is 1. The van der Waals surface area contributed by atoms with Gasteiger partial charge >= 0.3 is 5.97 Å². The van der Waals surface area contributed by atoms with Crippen molar-refractivity contribution >= 4 is 5.97 Å². The highest BCUT2D eigenvalue weighted by molar-refractivity contribution is 5.75. The molecule has 0 spiro atoms.